The first-order chi connectivity index (χ1) is 11.8. The first-order valence-corrected chi connectivity index (χ1v) is 9.08. The zero-order valence-corrected chi connectivity index (χ0v) is 16.0. The predicted octanol–water partition coefficient (Wildman–Crippen LogP) is 4.43. The lowest BCUT2D eigenvalue weighted by Crippen LogP contribution is -2.48. The number of hydrogen-bond donors (Lipinski definition) is 2. The van der Waals surface area contributed by atoms with Crippen molar-refractivity contribution in [3.05, 3.63) is 57.2 Å². The number of hydrogen-bond acceptors (Lipinski definition) is 4. The third kappa shape index (κ3) is 3.66. The van der Waals surface area contributed by atoms with Crippen LogP contribution in [0.3, 0.4) is 0 Å². The number of anilines is 1. The summed E-state index contributed by atoms with van der Waals surface area (Å²) in [6.45, 7) is 5.84. The minimum absolute atomic E-state index is 0.108. The van der Waals surface area contributed by atoms with Gasteiger partial charge in [-0.1, -0.05) is 35.3 Å². The van der Waals surface area contributed by atoms with E-state index in [1.807, 2.05) is 25.1 Å². The molecular formula is C19H22Cl2N4. The van der Waals surface area contributed by atoms with Gasteiger partial charge in [0.1, 0.15) is 5.82 Å². The van der Waals surface area contributed by atoms with Crippen molar-refractivity contribution in [2.75, 3.05) is 18.0 Å². The number of rotatable bonds is 3. The van der Waals surface area contributed by atoms with Gasteiger partial charge in [0.05, 0.1) is 15.8 Å². The average Bonchev–Trinajstić information content (AvgIpc) is 2.57. The highest BCUT2D eigenvalue weighted by atomic mass is 35.5. The van der Waals surface area contributed by atoms with Gasteiger partial charge in [0.2, 0.25) is 0 Å². The van der Waals surface area contributed by atoms with Crippen molar-refractivity contribution < 1.29 is 0 Å². The summed E-state index contributed by atoms with van der Waals surface area (Å²) in [4.78, 5) is 6.81. The predicted molar refractivity (Wildman–Crippen MR) is 105 cm³/mol. The van der Waals surface area contributed by atoms with E-state index in [2.05, 4.69) is 16.8 Å². The molecule has 0 unspecified atom stereocenters. The molecule has 4 nitrogen and oxygen atoms in total. The fraction of sp³-hybridized carbons (Fsp3) is 0.368. The molecule has 132 valence electrons. The molecular weight excluding hydrogens is 355 g/mol. The van der Waals surface area contributed by atoms with Crippen molar-refractivity contribution in [2.24, 2.45) is 5.73 Å². The van der Waals surface area contributed by atoms with Crippen LogP contribution in [-0.2, 0) is 0 Å². The number of piperidine rings is 1. The second-order valence-corrected chi connectivity index (χ2v) is 7.71. The Kier molecular flexibility index (Phi) is 5.05. The molecule has 1 aliphatic rings. The van der Waals surface area contributed by atoms with E-state index in [9.17, 15) is 0 Å². The van der Waals surface area contributed by atoms with Gasteiger partial charge < -0.3 is 10.6 Å². The fourth-order valence-corrected chi connectivity index (χ4v) is 3.58. The van der Waals surface area contributed by atoms with Crippen LogP contribution in [-0.4, -0.2) is 29.3 Å². The number of nitrogens with two attached hydrogens (primary N) is 1. The topological polar surface area (TPSA) is 66.0 Å². The summed E-state index contributed by atoms with van der Waals surface area (Å²) in [7, 11) is 0. The normalized spacial score (nSPS) is 16.8. The van der Waals surface area contributed by atoms with E-state index in [1.54, 1.807) is 12.3 Å². The SMILES string of the molecule is Cc1c(C(=N)c2cccc(Cl)c2Cl)ccnc1N1CCC(C)(N)CC1. The number of benzene rings is 1. The Morgan fingerprint density at radius 1 is 1.20 bits per heavy atom. The number of pyridine rings is 1. The van der Waals surface area contributed by atoms with Crippen molar-refractivity contribution >= 4 is 34.7 Å². The summed E-state index contributed by atoms with van der Waals surface area (Å²) in [5.41, 5.74) is 8.90. The van der Waals surface area contributed by atoms with Gasteiger partial charge in [-0.05, 0) is 38.8 Å². The van der Waals surface area contributed by atoms with E-state index in [-0.39, 0.29) is 5.54 Å². The van der Waals surface area contributed by atoms with Gasteiger partial charge in [-0.25, -0.2) is 4.98 Å². The first kappa shape index (κ1) is 18.2. The summed E-state index contributed by atoms with van der Waals surface area (Å²) in [5.74, 6) is 0.913. The van der Waals surface area contributed by atoms with Crippen LogP contribution in [0.1, 0.15) is 36.5 Å². The molecule has 2 heterocycles. The third-order valence-electron chi connectivity index (χ3n) is 4.87. The van der Waals surface area contributed by atoms with Crippen LogP contribution in [0.15, 0.2) is 30.5 Å². The third-order valence-corrected chi connectivity index (χ3v) is 5.69. The second kappa shape index (κ2) is 6.94. The first-order valence-electron chi connectivity index (χ1n) is 8.33. The summed E-state index contributed by atoms with van der Waals surface area (Å²) in [6.07, 6.45) is 3.60. The molecule has 0 atom stereocenters. The number of nitrogens with zero attached hydrogens (tertiary/aromatic N) is 2. The zero-order chi connectivity index (χ0) is 18.2. The molecule has 2 aromatic rings. The molecule has 1 saturated heterocycles. The van der Waals surface area contributed by atoms with Crippen LogP contribution in [0.25, 0.3) is 0 Å². The lowest BCUT2D eigenvalue weighted by Gasteiger charge is -2.38. The van der Waals surface area contributed by atoms with E-state index < -0.39 is 0 Å². The molecule has 0 bridgehead atoms. The Morgan fingerprint density at radius 3 is 2.56 bits per heavy atom. The van der Waals surface area contributed by atoms with Crippen LogP contribution in [0, 0.1) is 12.3 Å². The van der Waals surface area contributed by atoms with Crippen molar-refractivity contribution in [3.63, 3.8) is 0 Å². The molecule has 0 amide bonds. The molecule has 6 heteroatoms. The van der Waals surface area contributed by atoms with Gasteiger partial charge in [-0.3, -0.25) is 5.41 Å². The Labute approximate surface area is 158 Å². The van der Waals surface area contributed by atoms with Crippen molar-refractivity contribution in [2.45, 2.75) is 32.2 Å². The largest absolute Gasteiger partial charge is 0.356 e. The highest BCUT2D eigenvalue weighted by Gasteiger charge is 2.27. The standard InChI is InChI=1S/C19H22Cl2N4/c1-12-13(17(22)14-4-3-5-15(20)16(14)21)6-9-24-18(12)25-10-7-19(2,23)8-11-25/h3-6,9,22H,7-8,10-11,23H2,1-2H3. The van der Waals surface area contributed by atoms with Crippen LogP contribution in [0.2, 0.25) is 10.0 Å². The molecule has 1 aliphatic heterocycles. The van der Waals surface area contributed by atoms with Gasteiger partial charge in [0.25, 0.3) is 0 Å². The number of aromatic nitrogens is 1. The van der Waals surface area contributed by atoms with Gasteiger partial charge in [-0.15, -0.1) is 0 Å². The minimum atomic E-state index is -0.108. The molecule has 0 spiro atoms. The maximum atomic E-state index is 8.61. The quantitative estimate of drug-likeness (QED) is 0.778. The van der Waals surface area contributed by atoms with E-state index in [1.165, 1.54) is 0 Å². The smallest absolute Gasteiger partial charge is 0.132 e. The summed E-state index contributed by atoms with van der Waals surface area (Å²) >= 11 is 12.4. The van der Waals surface area contributed by atoms with Crippen molar-refractivity contribution in [1.29, 1.82) is 5.41 Å². The molecule has 25 heavy (non-hydrogen) atoms. The Balaban J connectivity index is 1.94. The molecule has 1 aromatic heterocycles. The fourth-order valence-electron chi connectivity index (χ4n) is 3.19. The summed E-state index contributed by atoms with van der Waals surface area (Å²) in [6, 6.07) is 7.21. The van der Waals surface area contributed by atoms with Gasteiger partial charge in [-0.2, -0.15) is 0 Å². The Morgan fingerprint density at radius 2 is 1.88 bits per heavy atom. The lowest BCUT2D eigenvalue weighted by molar-refractivity contribution is 0.363. The zero-order valence-electron chi connectivity index (χ0n) is 14.4. The van der Waals surface area contributed by atoms with Crippen molar-refractivity contribution in [1.82, 2.24) is 4.98 Å². The van der Waals surface area contributed by atoms with Crippen LogP contribution in [0.5, 0.6) is 0 Å². The number of nitrogens with one attached hydrogen (secondary N) is 1. The van der Waals surface area contributed by atoms with Crippen LogP contribution >= 0.6 is 23.2 Å². The van der Waals surface area contributed by atoms with Gasteiger partial charge in [0, 0.05) is 41.5 Å². The highest BCUT2D eigenvalue weighted by Crippen LogP contribution is 2.31. The number of halogens is 2. The van der Waals surface area contributed by atoms with Crippen molar-refractivity contribution in [3.8, 4) is 0 Å². The van der Waals surface area contributed by atoms with Crippen LogP contribution < -0.4 is 10.6 Å². The molecule has 3 rings (SSSR count). The Hall–Kier alpha value is -1.62. The van der Waals surface area contributed by atoms with Gasteiger partial charge >= 0.3 is 0 Å². The summed E-state index contributed by atoms with van der Waals surface area (Å²) < 4.78 is 0. The molecule has 1 fully saturated rings. The van der Waals surface area contributed by atoms with E-state index >= 15 is 0 Å². The molecule has 1 aromatic carbocycles. The second-order valence-electron chi connectivity index (χ2n) is 6.92. The lowest BCUT2D eigenvalue weighted by atomic mass is 9.90. The highest BCUT2D eigenvalue weighted by molar-refractivity contribution is 6.44. The molecule has 0 saturated carbocycles. The summed E-state index contributed by atoms with van der Waals surface area (Å²) in [5, 5.41) is 9.47. The van der Waals surface area contributed by atoms with Gasteiger partial charge in [0.15, 0.2) is 0 Å². The van der Waals surface area contributed by atoms with E-state index in [4.69, 9.17) is 34.3 Å². The monoisotopic (exact) mass is 376 g/mol. The van der Waals surface area contributed by atoms with E-state index in [0.29, 0.717) is 21.3 Å². The van der Waals surface area contributed by atoms with Crippen LogP contribution in [0.4, 0.5) is 5.82 Å². The van der Waals surface area contributed by atoms with E-state index in [0.717, 1.165) is 42.9 Å². The molecule has 0 radical (unpaired) electrons. The Bertz CT molecular complexity index is 807. The maximum absolute atomic E-state index is 8.61. The minimum Gasteiger partial charge on any atom is -0.356 e. The maximum Gasteiger partial charge on any atom is 0.132 e. The molecule has 3 N–H and O–H groups in total. The average molecular weight is 377 g/mol. The molecule has 0 aliphatic carbocycles.